The Morgan fingerprint density at radius 1 is 0.645 bits per heavy atom. The van der Waals surface area contributed by atoms with Crippen molar-refractivity contribution < 1.29 is 68.8 Å². The number of hydrogen-bond donors (Lipinski definition) is 0. The maximum absolute atomic E-state index is 2.39. The van der Waals surface area contributed by atoms with Crippen LogP contribution in [0, 0.1) is 86.5 Å². The second-order valence-electron chi connectivity index (χ2n) is 10.1. The molecule has 0 nitrogen and oxygen atoms in total. The van der Waals surface area contributed by atoms with Crippen molar-refractivity contribution in [3.8, 4) is 0 Å². The molecule has 0 radical (unpaired) electrons. The van der Waals surface area contributed by atoms with Gasteiger partial charge in [-0.05, 0) is 0 Å². The minimum absolute atomic E-state index is 0.705. The zero-order valence-corrected chi connectivity index (χ0v) is 27.7. The van der Waals surface area contributed by atoms with Crippen LogP contribution in [0.15, 0.2) is 76.8 Å². The molecule has 0 heterocycles. The summed E-state index contributed by atoms with van der Waals surface area (Å²) >= 11 is -0.901. The van der Waals surface area contributed by atoms with Gasteiger partial charge >= 0.3 is 231 Å². The van der Waals surface area contributed by atoms with Crippen LogP contribution in [-0.4, -0.2) is 0 Å². The SMILES string of the molecule is C1=CC[C]([Pr]([C]2=CC=CC2)[C]2=CC=CC2)=C1.CC(C)C1=C(C(C)C)C(C(C)C)=[C]([La])C1. The minimum atomic E-state index is -1.93. The van der Waals surface area contributed by atoms with E-state index in [-0.39, 0.29) is 0 Å². The van der Waals surface area contributed by atoms with Crippen molar-refractivity contribution in [2.24, 2.45) is 17.8 Å². The molecule has 160 valence electrons. The summed E-state index contributed by atoms with van der Waals surface area (Å²) in [5, 5.41) is 0. The van der Waals surface area contributed by atoms with Crippen LogP contribution in [-0.2, 0) is 0 Å². The topological polar surface area (TPSA) is 0 Å². The summed E-state index contributed by atoms with van der Waals surface area (Å²) in [5.41, 5.74) is 5.16. The molecule has 2 heteroatoms. The zero-order chi connectivity index (χ0) is 22.5. The van der Waals surface area contributed by atoms with Crippen LogP contribution < -0.4 is 0 Å². The molecule has 4 aliphatic rings. The van der Waals surface area contributed by atoms with E-state index >= 15 is 0 Å². The van der Waals surface area contributed by atoms with Gasteiger partial charge in [0.2, 0.25) is 0 Å². The van der Waals surface area contributed by atoms with E-state index in [1.54, 1.807) is 22.2 Å². The molecular weight excluding hydrogens is 628 g/mol. The van der Waals surface area contributed by atoms with Gasteiger partial charge in [0.15, 0.2) is 0 Å². The normalized spacial score (nSPS) is 19.7. The number of rotatable bonds is 6. The molecule has 0 saturated carbocycles. The molecular formula is C29H38LaPr. The molecule has 4 aliphatic carbocycles. The average molecular weight is 666 g/mol. The van der Waals surface area contributed by atoms with Crippen LogP contribution in [0.2, 0.25) is 0 Å². The first-order chi connectivity index (χ1) is 14.8. The third-order valence-electron chi connectivity index (χ3n) is 6.73. The Labute approximate surface area is 227 Å². The summed E-state index contributed by atoms with van der Waals surface area (Å²) in [6, 6.07) is 0. The fourth-order valence-corrected chi connectivity index (χ4v) is 18.7. The van der Waals surface area contributed by atoms with Crippen molar-refractivity contribution in [1.29, 1.82) is 0 Å². The van der Waals surface area contributed by atoms with Crippen molar-refractivity contribution >= 4 is 0 Å². The van der Waals surface area contributed by atoms with Crippen molar-refractivity contribution in [3.63, 3.8) is 0 Å². The van der Waals surface area contributed by atoms with Crippen LogP contribution in [0.3, 0.4) is 0 Å². The quantitative estimate of drug-likeness (QED) is 0.267. The molecule has 0 saturated heterocycles. The van der Waals surface area contributed by atoms with Crippen molar-refractivity contribution in [2.75, 3.05) is 0 Å². The van der Waals surface area contributed by atoms with Gasteiger partial charge in [0, 0.05) is 0 Å². The summed E-state index contributed by atoms with van der Waals surface area (Å²) in [7, 11) is 0. The molecule has 0 spiro atoms. The summed E-state index contributed by atoms with van der Waals surface area (Å²) in [6.45, 7) is 14.1. The molecule has 4 rings (SSSR count). The molecule has 0 bridgehead atoms. The molecule has 0 aliphatic heterocycles. The van der Waals surface area contributed by atoms with Gasteiger partial charge in [-0.2, -0.15) is 0 Å². The molecule has 0 atom stereocenters. The first-order valence-corrected chi connectivity index (χ1v) is 19.5. The Balaban J connectivity index is 0.000000176. The number of allylic oxidation sites excluding steroid dienone is 16. The van der Waals surface area contributed by atoms with Crippen LogP contribution in [0.4, 0.5) is 0 Å². The van der Waals surface area contributed by atoms with Gasteiger partial charge in [-0.1, -0.05) is 0 Å². The van der Waals surface area contributed by atoms with Crippen LogP contribution in [0.25, 0.3) is 0 Å². The molecule has 0 fully saturated rings. The Kier molecular flexibility index (Phi) is 10.3. The molecule has 0 amide bonds. The first kappa shape index (κ1) is 26.1. The van der Waals surface area contributed by atoms with Crippen LogP contribution >= 0.6 is 0 Å². The average Bonchev–Trinajstić information content (AvgIpc) is 3.51. The Hall–Kier alpha value is 0.478. The van der Waals surface area contributed by atoms with Crippen LogP contribution in [0.5, 0.6) is 0 Å². The second-order valence-corrected chi connectivity index (χ2v) is 22.2. The van der Waals surface area contributed by atoms with Gasteiger partial charge in [0.1, 0.15) is 0 Å². The van der Waals surface area contributed by atoms with E-state index in [2.05, 4.69) is 96.2 Å². The van der Waals surface area contributed by atoms with Crippen LogP contribution in [0.1, 0.15) is 67.2 Å². The molecule has 0 N–H and O–H groups in total. The Morgan fingerprint density at radius 3 is 1.35 bits per heavy atom. The monoisotopic (exact) mass is 666 g/mol. The van der Waals surface area contributed by atoms with E-state index in [0.717, 1.165) is 45.6 Å². The summed E-state index contributed by atoms with van der Waals surface area (Å²) in [6.07, 6.45) is 25.8. The van der Waals surface area contributed by atoms with E-state index in [1.165, 1.54) is 25.7 Å². The Morgan fingerprint density at radius 2 is 1.06 bits per heavy atom. The molecule has 0 unspecified atom stereocenters. The second kappa shape index (κ2) is 12.3. The van der Waals surface area contributed by atoms with Gasteiger partial charge in [-0.25, -0.2) is 0 Å². The molecule has 0 aromatic carbocycles. The third-order valence-corrected chi connectivity index (χ3v) is 19.6. The molecule has 0 aromatic rings. The third kappa shape index (κ3) is 6.54. The fraction of sp³-hybridized carbons (Fsp3) is 0.448. The number of hydrogen-bond acceptors (Lipinski definition) is 0. The molecule has 0 aromatic heterocycles. The van der Waals surface area contributed by atoms with Crippen molar-refractivity contribution in [1.82, 2.24) is 0 Å². The summed E-state index contributed by atoms with van der Waals surface area (Å²) in [5.74, 6) is 2.15. The van der Waals surface area contributed by atoms with Crippen molar-refractivity contribution in [3.05, 3.63) is 76.8 Å². The standard InChI is InChI=1S/C14H23.3C5H5.La.Pr/c1-9(2)12-7-8-13(10(3)4)14(12)11(5)6;3*1-2-4-5-3-1;;/h9-11H,7H2,1-6H3;3*1-3H,4H2;;. The van der Waals surface area contributed by atoms with Gasteiger partial charge in [0.05, 0.1) is 0 Å². The summed E-state index contributed by atoms with van der Waals surface area (Å²) < 4.78 is 7.12. The van der Waals surface area contributed by atoms with Crippen molar-refractivity contribution in [2.45, 2.75) is 67.2 Å². The van der Waals surface area contributed by atoms with Gasteiger partial charge in [0.25, 0.3) is 0 Å². The van der Waals surface area contributed by atoms with E-state index in [9.17, 15) is 0 Å². The first-order valence-electron chi connectivity index (χ1n) is 12.1. The van der Waals surface area contributed by atoms with E-state index in [4.69, 9.17) is 0 Å². The van der Waals surface area contributed by atoms with Gasteiger partial charge in [-0.3, -0.25) is 0 Å². The Bertz CT molecular complexity index is 854. The van der Waals surface area contributed by atoms with E-state index in [1.807, 2.05) is 0 Å². The van der Waals surface area contributed by atoms with E-state index in [0.29, 0.717) is 5.92 Å². The summed E-state index contributed by atoms with van der Waals surface area (Å²) in [4.78, 5) is 0. The zero-order valence-electron chi connectivity index (χ0n) is 20.4. The fourth-order valence-electron chi connectivity index (χ4n) is 5.37. The maximum atomic E-state index is 2.39. The predicted octanol–water partition coefficient (Wildman–Crippen LogP) is 8.60. The van der Waals surface area contributed by atoms with E-state index < -0.39 is 35.0 Å². The van der Waals surface area contributed by atoms with Gasteiger partial charge in [-0.15, -0.1) is 0 Å². The predicted molar refractivity (Wildman–Crippen MR) is 129 cm³/mol. The van der Waals surface area contributed by atoms with Gasteiger partial charge < -0.3 is 0 Å². The molecule has 31 heavy (non-hydrogen) atoms.